The van der Waals surface area contributed by atoms with Crippen LogP contribution in [0, 0.1) is 0 Å². The molecule has 6 nitrogen and oxygen atoms in total. The van der Waals surface area contributed by atoms with Crippen LogP contribution in [0.5, 0.6) is 11.5 Å². The minimum absolute atomic E-state index is 0.0248. The lowest BCUT2D eigenvalue weighted by atomic mass is 10.1. The highest BCUT2D eigenvalue weighted by atomic mass is 32.2. The van der Waals surface area contributed by atoms with Crippen LogP contribution >= 0.6 is 11.8 Å². The Bertz CT molecular complexity index is 838. The molecule has 2 amide bonds. The molecule has 1 fully saturated rings. The Hall–Kier alpha value is -2.67. The summed E-state index contributed by atoms with van der Waals surface area (Å²) in [4.78, 5) is 25.9. The normalized spacial score (nSPS) is 16.3. The molecule has 0 spiro atoms. The number of nitrogens with zero attached hydrogens (tertiary/aromatic N) is 1. The van der Waals surface area contributed by atoms with Gasteiger partial charge < -0.3 is 14.8 Å². The fourth-order valence-corrected chi connectivity index (χ4v) is 4.06. The summed E-state index contributed by atoms with van der Waals surface area (Å²) in [5.74, 6) is 1.65. The number of ether oxygens (including phenoxy) is 2. The molecular formula is C20H22N2O4S. The number of amides is 2. The molecule has 1 aliphatic rings. The van der Waals surface area contributed by atoms with Crippen LogP contribution in [0.4, 0.5) is 11.4 Å². The van der Waals surface area contributed by atoms with Crippen molar-refractivity contribution in [2.45, 2.75) is 18.7 Å². The molecule has 0 bridgehead atoms. The molecule has 142 valence electrons. The number of nitrogens with one attached hydrogen (secondary N) is 1. The SMILES string of the molecule is CCC(=O)Nc1ccc([C@@H]2SCC(=O)N2c2ccc(OC)cc2OC)cc1. The summed E-state index contributed by atoms with van der Waals surface area (Å²) in [6, 6.07) is 13.0. The average Bonchev–Trinajstić information content (AvgIpc) is 3.09. The van der Waals surface area contributed by atoms with Gasteiger partial charge in [0.1, 0.15) is 16.9 Å². The lowest BCUT2D eigenvalue weighted by Crippen LogP contribution is -2.28. The third-order valence-corrected chi connectivity index (χ3v) is 5.53. The maximum atomic E-state index is 12.6. The highest BCUT2D eigenvalue weighted by molar-refractivity contribution is 8.00. The Morgan fingerprint density at radius 2 is 1.93 bits per heavy atom. The molecule has 1 saturated heterocycles. The summed E-state index contributed by atoms with van der Waals surface area (Å²) in [6.07, 6.45) is 0.430. The van der Waals surface area contributed by atoms with Gasteiger partial charge >= 0.3 is 0 Å². The number of rotatable bonds is 6. The number of hydrogen-bond donors (Lipinski definition) is 1. The fourth-order valence-electron chi connectivity index (χ4n) is 2.90. The van der Waals surface area contributed by atoms with E-state index in [0.717, 1.165) is 11.3 Å². The first kappa shape index (κ1) is 19.1. The Kier molecular flexibility index (Phi) is 5.91. The second-order valence-electron chi connectivity index (χ2n) is 5.99. The highest BCUT2D eigenvalue weighted by Gasteiger charge is 2.35. The molecule has 0 aliphatic carbocycles. The predicted molar refractivity (Wildman–Crippen MR) is 108 cm³/mol. The topological polar surface area (TPSA) is 67.9 Å². The summed E-state index contributed by atoms with van der Waals surface area (Å²) in [6.45, 7) is 1.81. The van der Waals surface area contributed by atoms with Crippen molar-refractivity contribution in [3.63, 3.8) is 0 Å². The zero-order valence-electron chi connectivity index (χ0n) is 15.5. The van der Waals surface area contributed by atoms with E-state index in [1.807, 2.05) is 43.3 Å². The molecule has 2 aromatic carbocycles. The van der Waals surface area contributed by atoms with Crippen LogP contribution in [0.15, 0.2) is 42.5 Å². The van der Waals surface area contributed by atoms with Crippen LogP contribution < -0.4 is 19.7 Å². The van der Waals surface area contributed by atoms with E-state index < -0.39 is 0 Å². The van der Waals surface area contributed by atoms with Crippen molar-refractivity contribution in [2.24, 2.45) is 0 Å². The number of hydrogen-bond acceptors (Lipinski definition) is 5. The molecular weight excluding hydrogens is 364 g/mol. The second-order valence-corrected chi connectivity index (χ2v) is 7.06. The quantitative estimate of drug-likeness (QED) is 0.817. The molecule has 1 aliphatic heterocycles. The molecule has 0 radical (unpaired) electrons. The summed E-state index contributed by atoms with van der Waals surface area (Å²) in [5, 5.41) is 2.68. The molecule has 0 unspecified atom stereocenters. The zero-order chi connectivity index (χ0) is 19.4. The zero-order valence-corrected chi connectivity index (χ0v) is 16.3. The van der Waals surface area contributed by atoms with Crippen LogP contribution in [-0.2, 0) is 9.59 Å². The Morgan fingerprint density at radius 3 is 2.56 bits per heavy atom. The third kappa shape index (κ3) is 4.03. The van der Waals surface area contributed by atoms with Gasteiger partial charge in [-0.3, -0.25) is 14.5 Å². The van der Waals surface area contributed by atoms with Crippen molar-refractivity contribution < 1.29 is 19.1 Å². The first-order chi connectivity index (χ1) is 13.1. The maximum Gasteiger partial charge on any atom is 0.238 e. The van der Waals surface area contributed by atoms with Gasteiger partial charge in [-0.2, -0.15) is 0 Å². The molecule has 3 rings (SSSR count). The van der Waals surface area contributed by atoms with Gasteiger partial charge in [0.25, 0.3) is 0 Å². The van der Waals surface area contributed by atoms with Gasteiger partial charge in [0.2, 0.25) is 11.8 Å². The van der Waals surface area contributed by atoms with Gasteiger partial charge in [-0.25, -0.2) is 0 Å². The number of benzene rings is 2. The Labute approximate surface area is 162 Å². The lowest BCUT2D eigenvalue weighted by Gasteiger charge is -2.26. The summed E-state index contributed by atoms with van der Waals surface area (Å²) in [7, 11) is 3.17. The molecule has 0 saturated carbocycles. The van der Waals surface area contributed by atoms with Gasteiger partial charge in [-0.1, -0.05) is 19.1 Å². The van der Waals surface area contributed by atoms with Crippen molar-refractivity contribution >= 4 is 35.0 Å². The Balaban J connectivity index is 1.90. The summed E-state index contributed by atoms with van der Waals surface area (Å²) >= 11 is 1.56. The maximum absolute atomic E-state index is 12.6. The van der Waals surface area contributed by atoms with E-state index >= 15 is 0 Å². The molecule has 1 heterocycles. The number of methoxy groups -OCH3 is 2. The minimum atomic E-state index is -0.157. The molecule has 7 heteroatoms. The number of thioether (sulfide) groups is 1. The second kappa shape index (κ2) is 8.35. The van der Waals surface area contributed by atoms with Crippen LogP contribution in [0.2, 0.25) is 0 Å². The number of carbonyl (C=O) groups excluding carboxylic acids is 2. The molecule has 2 aromatic rings. The van der Waals surface area contributed by atoms with E-state index in [1.165, 1.54) is 0 Å². The fraction of sp³-hybridized carbons (Fsp3) is 0.300. The third-order valence-electron chi connectivity index (χ3n) is 4.32. The average molecular weight is 386 g/mol. The molecule has 1 atom stereocenters. The largest absolute Gasteiger partial charge is 0.497 e. The van der Waals surface area contributed by atoms with Crippen LogP contribution in [0.1, 0.15) is 24.3 Å². The van der Waals surface area contributed by atoms with Crippen molar-refractivity contribution in [1.29, 1.82) is 0 Å². The van der Waals surface area contributed by atoms with Gasteiger partial charge in [-0.05, 0) is 29.8 Å². The van der Waals surface area contributed by atoms with Crippen LogP contribution in [0.3, 0.4) is 0 Å². The van der Waals surface area contributed by atoms with E-state index in [9.17, 15) is 9.59 Å². The Morgan fingerprint density at radius 1 is 1.19 bits per heavy atom. The summed E-state index contributed by atoms with van der Waals surface area (Å²) < 4.78 is 10.7. The van der Waals surface area contributed by atoms with E-state index in [1.54, 1.807) is 36.9 Å². The van der Waals surface area contributed by atoms with Crippen LogP contribution in [0.25, 0.3) is 0 Å². The lowest BCUT2D eigenvalue weighted by molar-refractivity contribution is -0.116. The van der Waals surface area contributed by atoms with E-state index in [0.29, 0.717) is 29.4 Å². The monoisotopic (exact) mass is 386 g/mol. The van der Waals surface area contributed by atoms with Crippen molar-refractivity contribution in [3.8, 4) is 11.5 Å². The molecule has 1 N–H and O–H groups in total. The standard InChI is InChI=1S/C20H22N2O4S/c1-4-18(23)21-14-7-5-13(6-8-14)20-22(19(24)12-27-20)16-10-9-15(25-2)11-17(16)26-3/h5-11,20H,4,12H2,1-3H3,(H,21,23)/t20-/m0/s1. The smallest absolute Gasteiger partial charge is 0.238 e. The van der Waals surface area contributed by atoms with E-state index in [4.69, 9.17) is 9.47 Å². The van der Waals surface area contributed by atoms with Crippen molar-refractivity contribution in [2.75, 3.05) is 30.2 Å². The van der Waals surface area contributed by atoms with E-state index in [-0.39, 0.29) is 17.2 Å². The van der Waals surface area contributed by atoms with Crippen molar-refractivity contribution in [1.82, 2.24) is 0 Å². The number of anilines is 2. The number of carbonyl (C=O) groups is 2. The molecule has 0 aromatic heterocycles. The van der Waals surface area contributed by atoms with Crippen molar-refractivity contribution in [3.05, 3.63) is 48.0 Å². The first-order valence-electron chi connectivity index (χ1n) is 8.63. The van der Waals surface area contributed by atoms with Gasteiger partial charge in [0, 0.05) is 18.2 Å². The minimum Gasteiger partial charge on any atom is -0.497 e. The molecule has 27 heavy (non-hydrogen) atoms. The highest BCUT2D eigenvalue weighted by Crippen LogP contribution is 2.45. The van der Waals surface area contributed by atoms with Gasteiger partial charge in [-0.15, -0.1) is 11.8 Å². The van der Waals surface area contributed by atoms with E-state index in [2.05, 4.69) is 5.32 Å². The van der Waals surface area contributed by atoms with Gasteiger partial charge in [0.15, 0.2) is 0 Å². The van der Waals surface area contributed by atoms with Crippen LogP contribution in [-0.4, -0.2) is 31.8 Å². The predicted octanol–water partition coefficient (Wildman–Crippen LogP) is 3.83. The van der Waals surface area contributed by atoms with Gasteiger partial charge in [0.05, 0.1) is 25.7 Å². The first-order valence-corrected chi connectivity index (χ1v) is 9.67. The summed E-state index contributed by atoms with van der Waals surface area (Å²) in [5.41, 5.74) is 2.44.